The lowest BCUT2D eigenvalue weighted by Crippen LogP contribution is -2.43. The summed E-state index contributed by atoms with van der Waals surface area (Å²) in [7, 11) is 0. The van der Waals surface area contributed by atoms with Gasteiger partial charge in [-0.3, -0.25) is 0 Å². The maximum absolute atomic E-state index is 4.56. The molecule has 0 spiro atoms. The van der Waals surface area contributed by atoms with Crippen molar-refractivity contribution in [1.82, 2.24) is 15.3 Å². The second-order valence-electron chi connectivity index (χ2n) is 6.47. The number of aromatic nitrogens is 2. The van der Waals surface area contributed by atoms with Gasteiger partial charge in [-0.1, -0.05) is 20.8 Å². The highest BCUT2D eigenvalue weighted by atomic mass is 15.3. The molecule has 0 bridgehead atoms. The molecular weight excluding hydrogens is 248 g/mol. The third kappa shape index (κ3) is 3.92. The molecule has 4 heteroatoms. The summed E-state index contributed by atoms with van der Waals surface area (Å²) < 4.78 is 0. The van der Waals surface area contributed by atoms with Crippen molar-refractivity contribution in [2.75, 3.05) is 18.0 Å². The van der Waals surface area contributed by atoms with Gasteiger partial charge >= 0.3 is 0 Å². The van der Waals surface area contributed by atoms with E-state index in [1.54, 1.807) is 0 Å². The number of hydrogen-bond donors (Lipinski definition) is 1. The first-order valence-corrected chi connectivity index (χ1v) is 7.86. The molecule has 0 amide bonds. The van der Waals surface area contributed by atoms with Crippen LogP contribution in [0.3, 0.4) is 0 Å². The van der Waals surface area contributed by atoms with Crippen LogP contribution < -0.4 is 10.2 Å². The Labute approximate surface area is 123 Å². The topological polar surface area (TPSA) is 41.1 Å². The van der Waals surface area contributed by atoms with E-state index in [1.807, 2.05) is 12.4 Å². The van der Waals surface area contributed by atoms with Crippen LogP contribution in [0.1, 0.15) is 46.1 Å². The zero-order chi connectivity index (χ0) is 14.5. The fourth-order valence-electron chi connectivity index (χ4n) is 2.71. The number of anilines is 1. The predicted octanol–water partition coefficient (Wildman–Crippen LogP) is 2.85. The smallest absolute Gasteiger partial charge is 0.225 e. The van der Waals surface area contributed by atoms with Crippen LogP contribution in [0.25, 0.3) is 0 Å². The lowest BCUT2D eigenvalue weighted by atomic mass is 9.92. The number of piperidine rings is 1. The highest BCUT2D eigenvalue weighted by Crippen LogP contribution is 2.25. The van der Waals surface area contributed by atoms with Crippen molar-refractivity contribution >= 4 is 5.95 Å². The molecule has 1 aliphatic heterocycles. The van der Waals surface area contributed by atoms with Crippen LogP contribution in [0.5, 0.6) is 0 Å². The molecule has 2 heterocycles. The van der Waals surface area contributed by atoms with Crippen LogP contribution >= 0.6 is 0 Å². The Balaban J connectivity index is 1.93. The molecule has 1 aliphatic rings. The van der Waals surface area contributed by atoms with E-state index < -0.39 is 0 Å². The van der Waals surface area contributed by atoms with E-state index in [4.69, 9.17) is 0 Å². The first-order valence-electron chi connectivity index (χ1n) is 7.86. The van der Waals surface area contributed by atoms with Gasteiger partial charge in [0.25, 0.3) is 0 Å². The average Bonchev–Trinajstić information content (AvgIpc) is 2.42. The van der Waals surface area contributed by atoms with E-state index in [9.17, 15) is 0 Å². The van der Waals surface area contributed by atoms with E-state index >= 15 is 0 Å². The predicted molar refractivity (Wildman–Crippen MR) is 83.8 cm³/mol. The lowest BCUT2D eigenvalue weighted by molar-refractivity contribution is 0.359. The number of rotatable bonds is 5. The van der Waals surface area contributed by atoms with Gasteiger partial charge in [-0.15, -0.1) is 0 Å². The summed E-state index contributed by atoms with van der Waals surface area (Å²) in [5, 5.41) is 3.42. The minimum atomic E-state index is 0.536. The Bertz CT molecular complexity index is 401. The van der Waals surface area contributed by atoms with Crippen molar-refractivity contribution in [3.05, 3.63) is 18.0 Å². The normalized spacial score (nSPS) is 23.4. The minimum absolute atomic E-state index is 0.536. The van der Waals surface area contributed by atoms with Gasteiger partial charge in [-0.05, 0) is 38.1 Å². The second-order valence-corrected chi connectivity index (χ2v) is 6.47. The van der Waals surface area contributed by atoms with Crippen molar-refractivity contribution in [2.45, 2.75) is 53.1 Å². The molecule has 2 atom stereocenters. The molecule has 1 saturated heterocycles. The average molecular weight is 276 g/mol. The molecule has 0 saturated carbocycles. The summed E-state index contributed by atoms with van der Waals surface area (Å²) in [5.74, 6) is 2.28. The zero-order valence-electron chi connectivity index (χ0n) is 13.3. The molecule has 20 heavy (non-hydrogen) atoms. The standard InChI is InChI=1S/C16H28N4/c1-12(2)8-17-9-15-10-18-16(19-11-15)20-7-5-6-13(3)14(20)4/h10-14,17H,5-9H2,1-4H3. The van der Waals surface area contributed by atoms with Gasteiger partial charge < -0.3 is 10.2 Å². The summed E-state index contributed by atoms with van der Waals surface area (Å²) >= 11 is 0. The fraction of sp³-hybridized carbons (Fsp3) is 0.750. The van der Waals surface area contributed by atoms with Gasteiger partial charge in [-0.25, -0.2) is 9.97 Å². The molecular formula is C16H28N4. The number of nitrogens with zero attached hydrogens (tertiary/aromatic N) is 3. The van der Waals surface area contributed by atoms with Gasteiger partial charge in [0.1, 0.15) is 0 Å². The summed E-state index contributed by atoms with van der Waals surface area (Å²) in [6, 6.07) is 0.536. The van der Waals surface area contributed by atoms with Crippen molar-refractivity contribution in [1.29, 1.82) is 0 Å². The van der Waals surface area contributed by atoms with Crippen LogP contribution in [-0.4, -0.2) is 29.1 Å². The Morgan fingerprint density at radius 2 is 2.00 bits per heavy atom. The van der Waals surface area contributed by atoms with Gasteiger partial charge in [0.15, 0.2) is 0 Å². The molecule has 2 rings (SSSR count). The lowest BCUT2D eigenvalue weighted by Gasteiger charge is -2.37. The van der Waals surface area contributed by atoms with Crippen molar-refractivity contribution in [3.8, 4) is 0 Å². The maximum Gasteiger partial charge on any atom is 0.225 e. The molecule has 1 aromatic heterocycles. The first-order chi connectivity index (χ1) is 9.58. The molecule has 4 nitrogen and oxygen atoms in total. The van der Waals surface area contributed by atoms with E-state index in [-0.39, 0.29) is 0 Å². The molecule has 2 unspecified atom stereocenters. The third-order valence-electron chi connectivity index (χ3n) is 4.20. The summed E-state index contributed by atoms with van der Waals surface area (Å²) in [6.07, 6.45) is 6.48. The van der Waals surface area contributed by atoms with Gasteiger partial charge in [0.2, 0.25) is 5.95 Å². The van der Waals surface area contributed by atoms with Gasteiger partial charge in [0.05, 0.1) is 0 Å². The Morgan fingerprint density at radius 1 is 1.30 bits per heavy atom. The van der Waals surface area contributed by atoms with Crippen LogP contribution in [0.2, 0.25) is 0 Å². The second kappa shape index (κ2) is 7.02. The van der Waals surface area contributed by atoms with Crippen molar-refractivity contribution < 1.29 is 0 Å². The van der Waals surface area contributed by atoms with E-state index in [0.29, 0.717) is 12.0 Å². The largest absolute Gasteiger partial charge is 0.338 e. The van der Waals surface area contributed by atoms with E-state index in [2.05, 4.69) is 47.9 Å². The van der Waals surface area contributed by atoms with E-state index in [0.717, 1.165) is 37.1 Å². The monoisotopic (exact) mass is 276 g/mol. The SMILES string of the molecule is CC(C)CNCc1cnc(N2CCCC(C)C2C)nc1. The molecule has 0 radical (unpaired) electrons. The molecule has 0 aliphatic carbocycles. The molecule has 0 aromatic carbocycles. The fourth-order valence-corrected chi connectivity index (χ4v) is 2.71. The Hall–Kier alpha value is -1.16. The van der Waals surface area contributed by atoms with Crippen LogP contribution in [0, 0.1) is 11.8 Å². The molecule has 1 fully saturated rings. The molecule has 112 valence electrons. The van der Waals surface area contributed by atoms with E-state index in [1.165, 1.54) is 12.8 Å². The first kappa shape index (κ1) is 15.2. The Kier molecular flexibility index (Phi) is 5.35. The number of nitrogens with one attached hydrogen (secondary N) is 1. The van der Waals surface area contributed by atoms with Crippen LogP contribution in [0.15, 0.2) is 12.4 Å². The quantitative estimate of drug-likeness (QED) is 0.898. The van der Waals surface area contributed by atoms with Crippen molar-refractivity contribution in [3.63, 3.8) is 0 Å². The maximum atomic E-state index is 4.56. The number of hydrogen-bond acceptors (Lipinski definition) is 4. The third-order valence-corrected chi connectivity index (χ3v) is 4.20. The summed E-state index contributed by atoms with van der Waals surface area (Å²) in [6.45, 7) is 12.0. The minimum Gasteiger partial charge on any atom is -0.338 e. The summed E-state index contributed by atoms with van der Waals surface area (Å²) in [5.41, 5.74) is 1.16. The highest BCUT2D eigenvalue weighted by Gasteiger charge is 2.26. The van der Waals surface area contributed by atoms with Crippen LogP contribution in [-0.2, 0) is 6.54 Å². The van der Waals surface area contributed by atoms with Crippen molar-refractivity contribution in [2.24, 2.45) is 11.8 Å². The Morgan fingerprint density at radius 3 is 2.65 bits per heavy atom. The van der Waals surface area contributed by atoms with Gasteiger partial charge in [-0.2, -0.15) is 0 Å². The summed E-state index contributed by atoms with van der Waals surface area (Å²) in [4.78, 5) is 11.5. The van der Waals surface area contributed by atoms with Crippen LogP contribution in [0.4, 0.5) is 5.95 Å². The zero-order valence-corrected chi connectivity index (χ0v) is 13.3. The highest BCUT2D eigenvalue weighted by molar-refractivity contribution is 5.32. The molecule has 1 aromatic rings. The molecule has 1 N–H and O–H groups in total. The van der Waals surface area contributed by atoms with Gasteiger partial charge in [0, 0.05) is 37.1 Å².